The van der Waals surface area contributed by atoms with Crippen molar-refractivity contribution in [1.82, 2.24) is 15.3 Å². The zero-order valence-electron chi connectivity index (χ0n) is 13.8. The normalized spacial score (nSPS) is 16.7. The molecule has 10 heteroatoms. The molecule has 1 unspecified atom stereocenters. The third kappa shape index (κ3) is 3.73. The molecule has 0 saturated carbocycles. The first-order valence-corrected chi connectivity index (χ1v) is 8.73. The Balaban J connectivity index is 1.95. The van der Waals surface area contributed by atoms with Crippen LogP contribution in [0.3, 0.4) is 0 Å². The number of nitrogens with one attached hydrogen (secondary N) is 2. The molecule has 134 valence electrons. The second kappa shape index (κ2) is 7.22. The van der Waals surface area contributed by atoms with Gasteiger partial charge in [-0.15, -0.1) is 0 Å². The smallest absolute Gasteiger partial charge is 0.256 e. The summed E-state index contributed by atoms with van der Waals surface area (Å²) < 4.78 is 0. The number of hydrogen-bond acceptors (Lipinski definition) is 6. The van der Waals surface area contributed by atoms with E-state index < -0.39 is 17.9 Å². The molecule has 1 aliphatic heterocycles. The second-order valence-electron chi connectivity index (χ2n) is 5.46. The summed E-state index contributed by atoms with van der Waals surface area (Å²) in [5.74, 6) is -0.834. The Morgan fingerprint density at radius 3 is 2.58 bits per heavy atom. The van der Waals surface area contributed by atoms with Gasteiger partial charge in [0, 0.05) is 30.6 Å². The van der Waals surface area contributed by atoms with Gasteiger partial charge in [-0.3, -0.25) is 14.4 Å². The van der Waals surface area contributed by atoms with Crippen molar-refractivity contribution in [3.05, 3.63) is 45.9 Å². The fourth-order valence-corrected chi connectivity index (χ4v) is 3.42. The Morgan fingerprint density at radius 2 is 1.96 bits per heavy atom. The molecule has 1 aromatic carbocycles. The predicted octanol–water partition coefficient (Wildman–Crippen LogP) is 2.14. The van der Waals surface area contributed by atoms with Gasteiger partial charge in [-0.05, 0) is 24.3 Å². The van der Waals surface area contributed by atoms with E-state index in [0.29, 0.717) is 20.6 Å². The van der Waals surface area contributed by atoms with E-state index >= 15 is 0 Å². The van der Waals surface area contributed by atoms with Gasteiger partial charge >= 0.3 is 0 Å². The quantitative estimate of drug-likeness (QED) is 0.836. The van der Waals surface area contributed by atoms with Crippen LogP contribution in [0.1, 0.15) is 30.3 Å². The van der Waals surface area contributed by atoms with E-state index in [1.807, 2.05) is 0 Å². The van der Waals surface area contributed by atoms with E-state index in [2.05, 4.69) is 20.7 Å². The minimum Gasteiger partial charge on any atom is -0.307 e. The van der Waals surface area contributed by atoms with E-state index in [1.54, 1.807) is 24.3 Å². The van der Waals surface area contributed by atoms with Gasteiger partial charge in [0.15, 0.2) is 17.0 Å². The molecule has 0 fully saturated rings. The van der Waals surface area contributed by atoms with Crippen LogP contribution < -0.4 is 10.6 Å². The van der Waals surface area contributed by atoms with Crippen LogP contribution in [0.15, 0.2) is 35.6 Å². The van der Waals surface area contributed by atoms with Crippen molar-refractivity contribution in [2.75, 3.05) is 5.32 Å². The molecule has 0 saturated heterocycles. The number of amidine groups is 1. The standard InChI is InChI=1S/C16H14ClN5O3S/c1-8(23)19-16-18-7-12(26-16)13-15(25)20-14(21-22(13)9(2)24)10-3-5-11(17)6-4-10/h3-7,13H,1-2H3,(H,18,19,23)(H,20,21,25). The fraction of sp³-hybridized carbons (Fsp3) is 0.188. The van der Waals surface area contributed by atoms with Gasteiger partial charge < -0.3 is 10.6 Å². The van der Waals surface area contributed by atoms with Gasteiger partial charge in [-0.25, -0.2) is 9.99 Å². The monoisotopic (exact) mass is 391 g/mol. The van der Waals surface area contributed by atoms with Crippen molar-refractivity contribution < 1.29 is 14.4 Å². The number of hydrazone groups is 1. The SMILES string of the molecule is CC(=O)Nc1ncc(C2C(=O)NC(c3ccc(Cl)cc3)=NN2C(C)=O)s1. The molecule has 1 atom stereocenters. The van der Waals surface area contributed by atoms with Gasteiger partial charge in [0.1, 0.15) is 0 Å². The second-order valence-corrected chi connectivity index (χ2v) is 6.96. The summed E-state index contributed by atoms with van der Waals surface area (Å²) in [6, 6.07) is 5.77. The van der Waals surface area contributed by atoms with Gasteiger partial charge in [0.2, 0.25) is 11.8 Å². The van der Waals surface area contributed by atoms with Crippen LogP contribution in [0.25, 0.3) is 0 Å². The topological polar surface area (TPSA) is 104 Å². The number of halogens is 1. The van der Waals surface area contributed by atoms with Crippen LogP contribution >= 0.6 is 22.9 Å². The number of hydrogen-bond donors (Lipinski definition) is 2. The Labute approximate surface area is 157 Å². The largest absolute Gasteiger partial charge is 0.307 e. The van der Waals surface area contributed by atoms with Gasteiger partial charge in [0.25, 0.3) is 5.91 Å². The lowest BCUT2D eigenvalue weighted by atomic mass is 10.1. The van der Waals surface area contributed by atoms with Crippen molar-refractivity contribution in [1.29, 1.82) is 0 Å². The minimum atomic E-state index is -0.955. The summed E-state index contributed by atoms with van der Waals surface area (Å²) in [6.07, 6.45) is 1.44. The zero-order valence-corrected chi connectivity index (χ0v) is 15.4. The van der Waals surface area contributed by atoms with E-state index in [1.165, 1.54) is 20.0 Å². The number of carbonyl (C=O) groups is 3. The van der Waals surface area contributed by atoms with Crippen LogP contribution in [0.2, 0.25) is 5.02 Å². The van der Waals surface area contributed by atoms with Gasteiger partial charge in [-0.1, -0.05) is 22.9 Å². The van der Waals surface area contributed by atoms with Crippen LogP contribution in [0.5, 0.6) is 0 Å². The number of amides is 3. The first-order chi connectivity index (χ1) is 12.3. The lowest BCUT2D eigenvalue weighted by molar-refractivity contribution is -0.139. The molecule has 0 bridgehead atoms. The molecule has 1 aromatic heterocycles. The highest BCUT2D eigenvalue weighted by atomic mass is 35.5. The zero-order chi connectivity index (χ0) is 18.8. The molecular formula is C16H14ClN5O3S. The van der Waals surface area contributed by atoms with E-state index in [-0.39, 0.29) is 11.7 Å². The number of nitrogens with zero attached hydrogens (tertiary/aromatic N) is 3. The first kappa shape index (κ1) is 18.0. The molecule has 0 radical (unpaired) electrons. The number of aromatic nitrogens is 1. The maximum absolute atomic E-state index is 12.7. The molecular weight excluding hydrogens is 378 g/mol. The summed E-state index contributed by atoms with van der Waals surface area (Å²) in [5.41, 5.74) is 0.621. The summed E-state index contributed by atoms with van der Waals surface area (Å²) in [5, 5.41) is 11.5. The van der Waals surface area contributed by atoms with Crippen molar-refractivity contribution >= 4 is 51.6 Å². The van der Waals surface area contributed by atoms with Crippen molar-refractivity contribution in [3.8, 4) is 0 Å². The first-order valence-electron chi connectivity index (χ1n) is 7.53. The predicted molar refractivity (Wildman–Crippen MR) is 97.8 cm³/mol. The van der Waals surface area contributed by atoms with Crippen LogP contribution in [0.4, 0.5) is 5.13 Å². The molecule has 8 nitrogen and oxygen atoms in total. The third-order valence-corrected chi connectivity index (χ3v) is 4.68. The lowest BCUT2D eigenvalue weighted by Crippen LogP contribution is -2.48. The highest BCUT2D eigenvalue weighted by Crippen LogP contribution is 2.31. The van der Waals surface area contributed by atoms with Gasteiger partial charge in [0.05, 0.1) is 4.88 Å². The number of thiazole rings is 1. The number of anilines is 1. The molecule has 2 N–H and O–H groups in total. The summed E-state index contributed by atoms with van der Waals surface area (Å²) in [6.45, 7) is 2.68. The van der Waals surface area contributed by atoms with Crippen LogP contribution in [-0.2, 0) is 14.4 Å². The number of benzene rings is 1. The van der Waals surface area contributed by atoms with E-state index in [9.17, 15) is 14.4 Å². The Bertz CT molecular complexity index is 909. The summed E-state index contributed by atoms with van der Waals surface area (Å²) in [4.78, 5) is 40.4. The average Bonchev–Trinajstić information content (AvgIpc) is 3.01. The van der Waals surface area contributed by atoms with E-state index in [4.69, 9.17) is 11.6 Å². The summed E-state index contributed by atoms with van der Waals surface area (Å²) in [7, 11) is 0. The Kier molecular flexibility index (Phi) is 5.01. The molecule has 2 aromatic rings. The summed E-state index contributed by atoms with van der Waals surface area (Å²) >= 11 is 6.98. The number of rotatable bonds is 3. The fourth-order valence-electron chi connectivity index (χ4n) is 2.35. The molecule has 26 heavy (non-hydrogen) atoms. The highest BCUT2D eigenvalue weighted by molar-refractivity contribution is 7.15. The molecule has 0 spiro atoms. The minimum absolute atomic E-state index is 0.254. The number of carbonyl (C=O) groups excluding carboxylic acids is 3. The molecule has 1 aliphatic rings. The van der Waals surface area contributed by atoms with E-state index in [0.717, 1.165) is 16.3 Å². The lowest BCUT2D eigenvalue weighted by Gasteiger charge is -2.30. The maximum atomic E-state index is 12.7. The third-order valence-electron chi connectivity index (χ3n) is 3.46. The van der Waals surface area contributed by atoms with Crippen molar-refractivity contribution in [2.45, 2.75) is 19.9 Å². The average molecular weight is 392 g/mol. The molecule has 0 aliphatic carbocycles. The molecule has 3 rings (SSSR count). The highest BCUT2D eigenvalue weighted by Gasteiger charge is 2.36. The van der Waals surface area contributed by atoms with Crippen molar-refractivity contribution in [3.63, 3.8) is 0 Å². The van der Waals surface area contributed by atoms with Gasteiger partial charge in [-0.2, -0.15) is 5.10 Å². The van der Waals surface area contributed by atoms with Crippen LogP contribution in [-0.4, -0.2) is 33.6 Å². The van der Waals surface area contributed by atoms with Crippen LogP contribution in [0, 0.1) is 0 Å². The van der Waals surface area contributed by atoms with Crippen molar-refractivity contribution in [2.24, 2.45) is 5.10 Å². The Morgan fingerprint density at radius 1 is 1.27 bits per heavy atom. The Hall–Kier alpha value is -2.78. The maximum Gasteiger partial charge on any atom is 0.256 e. The molecule has 2 heterocycles. The molecule has 3 amide bonds.